The summed E-state index contributed by atoms with van der Waals surface area (Å²) in [7, 11) is 2.58. The average Bonchev–Trinajstić information content (AvgIpc) is 2.67. The Hall–Kier alpha value is -2.23. The molecule has 2 N–H and O–H groups in total. The van der Waals surface area contributed by atoms with Crippen LogP contribution in [0.3, 0.4) is 0 Å². The Morgan fingerprint density at radius 2 is 1.81 bits per heavy atom. The van der Waals surface area contributed by atoms with Gasteiger partial charge in [0.05, 0.1) is 37.6 Å². The third kappa shape index (κ3) is 4.90. The van der Waals surface area contributed by atoms with E-state index in [4.69, 9.17) is 26.8 Å². The SMILES string of the molecule is COC(=O)c1ccc(C(=O)OC)c(NC(=S)N2CCN(CCO)CC2)c1. The number of thiocarbonyl (C=S) groups is 1. The predicted octanol–water partition coefficient (Wildman–Crippen LogP) is 0.566. The van der Waals surface area contributed by atoms with Crippen molar-refractivity contribution in [1.82, 2.24) is 9.80 Å². The Kier molecular flexibility index (Phi) is 7.31. The van der Waals surface area contributed by atoms with Crippen molar-refractivity contribution in [3.63, 3.8) is 0 Å². The van der Waals surface area contributed by atoms with E-state index in [1.165, 1.54) is 32.4 Å². The van der Waals surface area contributed by atoms with Crippen LogP contribution < -0.4 is 5.32 Å². The number of anilines is 1. The molecule has 0 aliphatic carbocycles. The molecular weight excluding hydrogens is 358 g/mol. The van der Waals surface area contributed by atoms with Crippen molar-refractivity contribution in [3.8, 4) is 0 Å². The lowest BCUT2D eigenvalue weighted by atomic mass is 10.1. The highest BCUT2D eigenvalue weighted by atomic mass is 32.1. The van der Waals surface area contributed by atoms with E-state index < -0.39 is 11.9 Å². The van der Waals surface area contributed by atoms with Gasteiger partial charge < -0.3 is 24.8 Å². The number of nitrogens with one attached hydrogen (secondary N) is 1. The summed E-state index contributed by atoms with van der Waals surface area (Å²) in [5.74, 6) is -1.03. The van der Waals surface area contributed by atoms with Gasteiger partial charge in [0, 0.05) is 32.7 Å². The smallest absolute Gasteiger partial charge is 0.339 e. The predicted molar refractivity (Wildman–Crippen MR) is 100 cm³/mol. The number of carbonyl (C=O) groups excluding carboxylic acids is 2. The summed E-state index contributed by atoms with van der Waals surface area (Å²) in [6, 6.07) is 4.52. The first kappa shape index (κ1) is 20.1. The monoisotopic (exact) mass is 381 g/mol. The van der Waals surface area contributed by atoms with Gasteiger partial charge in [-0.3, -0.25) is 4.90 Å². The summed E-state index contributed by atoms with van der Waals surface area (Å²) < 4.78 is 9.51. The Bertz CT molecular complexity index is 674. The number of benzene rings is 1. The second-order valence-electron chi connectivity index (χ2n) is 5.73. The summed E-state index contributed by atoms with van der Waals surface area (Å²) in [6.45, 7) is 3.75. The van der Waals surface area contributed by atoms with Crippen molar-refractivity contribution in [2.75, 3.05) is 58.9 Å². The molecule has 142 valence electrons. The number of nitrogens with zero attached hydrogens (tertiary/aromatic N) is 2. The summed E-state index contributed by atoms with van der Waals surface area (Å²) in [6.07, 6.45) is 0. The van der Waals surface area contributed by atoms with Crippen molar-refractivity contribution < 1.29 is 24.2 Å². The standard InChI is InChI=1S/C17H23N3O5S/c1-24-15(22)12-3-4-13(16(23)25-2)14(11-12)18-17(26)20-7-5-19(6-8-20)9-10-21/h3-4,11,21H,5-10H2,1-2H3,(H,18,26). The molecule has 0 unspecified atom stereocenters. The van der Waals surface area contributed by atoms with E-state index >= 15 is 0 Å². The summed E-state index contributed by atoms with van der Waals surface area (Å²) in [5, 5.41) is 12.5. The molecule has 0 radical (unpaired) electrons. The second kappa shape index (κ2) is 9.46. The number of aliphatic hydroxyl groups excluding tert-OH is 1. The third-order valence-electron chi connectivity index (χ3n) is 4.16. The normalized spacial score (nSPS) is 14.7. The van der Waals surface area contributed by atoms with Crippen LogP contribution >= 0.6 is 12.2 Å². The maximum atomic E-state index is 12.0. The number of rotatable bonds is 5. The van der Waals surface area contributed by atoms with E-state index in [1.54, 1.807) is 0 Å². The van der Waals surface area contributed by atoms with E-state index in [1.807, 2.05) is 4.90 Å². The third-order valence-corrected chi connectivity index (χ3v) is 4.52. The van der Waals surface area contributed by atoms with E-state index in [0.717, 1.165) is 13.1 Å². The van der Waals surface area contributed by atoms with E-state index in [9.17, 15) is 9.59 Å². The number of aliphatic hydroxyl groups is 1. The van der Waals surface area contributed by atoms with E-state index in [2.05, 4.69) is 10.2 Å². The van der Waals surface area contributed by atoms with Crippen LogP contribution in [0.15, 0.2) is 18.2 Å². The fourth-order valence-electron chi connectivity index (χ4n) is 2.69. The van der Waals surface area contributed by atoms with Gasteiger partial charge in [0.15, 0.2) is 5.11 Å². The van der Waals surface area contributed by atoms with Gasteiger partial charge in [-0.05, 0) is 30.4 Å². The summed E-state index contributed by atoms with van der Waals surface area (Å²) in [4.78, 5) is 27.9. The molecule has 0 spiro atoms. The van der Waals surface area contributed by atoms with Crippen LogP contribution in [0.1, 0.15) is 20.7 Å². The van der Waals surface area contributed by atoms with Crippen LogP contribution in [0.25, 0.3) is 0 Å². The number of β-amino-alcohol motifs (C(OH)–C–C–N with tert-alkyl or cyclic N) is 1. The molecule has 2 rings (SSSR count). The molecule has 1 fully saturated rings. The lowest BCUT2D eigenvalue weighted by Gasteiger charge is -2.36. The topological polar surface area (TPSA) is 91.3 Å². The summed E-state index contributed by atoms with van der Waals surface area (Å²) >= 11 is 5.46. The van der Waals surface area contributed by atoms with Gasteiger partial charge in [-0.2, -0.15) is 0 Å². The molecule has 26 heavy (non-hydrogen) atoms. The largest absolute Gasteiger partial charge is 0.465 e. The molecule has 1 heterocycles. The van der Waals surface area contributed by atoms with Gasteiger partial charge in [0.1, 0.15) is 0 Å². The first-order valence-corrected chi connectivity index (χ1v) is 8.60. The number of esters is 2. The molecule has 0 aromatic heterocycles. The summed E-state index contributed by atoms with van der Waals surface area (Å²) in [5.41, 5.74) is 0.974. The van der Waals surface area contributed by atoms with Gasteiger partial charge in [-0.25, -0.2) is 9.59 Å². The number of carbonyl (C=O) groups is 2. The van der Waals surface area contributed by atoms with Gasteiger partial charge in [0.25, 0.3) is 0 Å². The zero-order valence-corrected chi connectivity index (χ0v) is 15.7. The molecule has 8 nitrogen and oxygen atoms in total. The van der Waals surface area contributed by atoms with Gasteiger partial charge in [-0.1, -0.05) is 0 Å². The molecule has 1 aromatic rings. The molecule has 0 amide bonds. The number of ether oxygens (including phenoxy) is 2. The number of methoxy groups -OCH3 is 2. The molecule has 1 aliphatic rings. The van der Waals surface area contributed by atoms with Crippen LogP contribution in [0.5, 0.6) is 0 Å². The molecule has 9 heteroatoms. The minimum atomic E-state index is -0.528. The van der Waals surface area contributed by atoms with Crippen LogP contribution in [0, 0.1) is 0 Å². The van der Waals surface area contributed by atoms with E-state index in [-0.39, 0.29) is 12.2 Å². The fourth-order valence-corrected chi connectivity index (χ4v) is 2.98. The number of piperazine rings is 1. The lowest BCUT2D eigenvalue weighted by molar-refractivity contribution is 0.0587. The zero-order valence-electron chi connectivity index (χ0n) is 14.9. The Labute approximate surface area is 157 Å². The molecule has 1 aromatic carbocycles. The number of hydrogen-bond donors (Lipinski definition) is 2. The molecular formula is C17H23N3O5S. The molecule has 0 saturated carbocycles. The van der Waals surface area contributed by atoms with Gasteiger partial charge in [-0.15, -0.1) is 0 Å². The Morgan fingerprint density at radius 1 is 1.15 bits per heavy atom. The highest BCUT2D eigenvalue weighted by Gasteiger charge is 2.21. The van der Waals surface area contributed by atoms with Gasteiger partial charge in [0.2, 0.25) is 0 Å². The van der Waals surface area contributed by atoms with Crippen LogP contribution in [-0.2, 0) is 9.47 Å². The highest BCUT2D eigenvalue weighted by molar-refractivity contribution is 7.80. The maximum absolute atomic E-state index is 12.0. The molecule has 0 atom stereocenters. The van der Waals surface area contributed by atoms with E-state index in [0.29, 0.717) is 36.0 Å². The minimum Gasteiger partial charge on any atom is -0.465 e. The van der Waals surface area contributed by atoms with Crippen molar-refractivity contribution in [2.45, 2.75) is 0 Å². The molecule has 1 aliphatic heterocycles. The quantitative estimate of drug-likeness (QED) is 0.561. The van der Waals surface area contributed by atoms with Crippen LogP contribution in [0.2, 0.25) is 0 Å². The first-order chi connectivity index (χ1) is 12.5. The van der Waals surface area contributed by atoms with Gasteiger partial charge >= 0.3 is 11.9 Å². The maximum Gasteiger partial charge on any atom is 0.339 e. The Morgan fingerprint density at radius 3 is 2.38 bits per heavy atom. The second-order valence-corrected chi connectivity index (χ2v) is 6.11. The molecule has 0 bridgehead atoms. The van der Waals surface area contributed by atoms with Crippen molar-refractivity contribution >= 4 is 35.0 Å². The molecule has 1 saturated heterocycles. The van der Waals surface area contributed by atoms with Crippen LogP contribution in [-0.4, -0.2) is 85.5 Å². The average molecular weight is 381 g/mol. The first-order valence-electron chi connectivity index (χ1n) is 8.20. The Balaban J connectivity index is 2.14. The van der Waals surface area contributed by atoms with Crippen molar-refractivity contribution in [3.05, 3.63) is 29.3 Å². The fraction of sp³-hybridized carbons (Fsp3) is 0.471. The van der Waals surface area contributed by atoms with Crippen LogP contribution in [0.4, 0.5) is 5.69 Å². The van der Waals surface area contributed by atoms with Crippen molar-refractivity contribution in [2.24, 2.45) is 0 Å². The van der Waals surface area contributed by atoms with Crippen molar-refractivity contribution in [1.29, 1.82) is 0 Å². The highest BCUT2D eigenvalue weighted by Crippen LogP contribution is 2.20. The minimum absolute atomic E-state index is 0.130. The lowest BCUT2D eigenvalue weighted by Crippen LogP contribution is -2.50. The number of hydrogen-bond acceptors (Lipinski definition) is 7. The zero-order chi connectivity index (χ0) is 19.1.